The number of carbonyl (C=O) groups excluding carboxylic acids is 1. The summed E-state index contributed by atoms with van der Waals surface area (Å²) in [6.45, 7) is 8.51. The van der Waals surface area contributed by atoms with Gasteiger partial charge >= 0.3 is 6.09 Å². The summed E-state index contributed by atoms with van der Waals surface area (Å²) >= 11 is 0. The van der Waals surface area contributed by atoms with E-state index in [4.69, 9.17) is 4.74 Å². The minimum Gasteiger partial charge on any atom is -0.444 e. The predicted octanol–water partition coefficient (Wildman–Crippen LogP) is 3.74. The quantitative estimate of drug-likeness (QED) is 0.339. The Labute approximate surface area is 212 Å². The molecule has 0 spiro atoms. The zero-order chi connectivity index (χ0) is 27.1. The van der Waals surface area contributed by atoms with Crippen LogP contribution in [0.15, 0.2) is 59.5 Å². The standard InChI is InChI=1S/C25H35N3O7S/c1-18(2)16-27(36(33,34)21-13-9-12-20(15-21)28(31)32)17-23(29)22(14-19-10-7-6-8-11-19)26-24(30)35-25(3,4)5/h6-13,15,18,22-23,29H,14,16-17H2,1-5H3,(H,26,30)/t22-,23+/m0/s1. The highest BCUT2D eigenvalue weighted by atomic mass is 32.2. The van der Waals surface area contributed by atoms with E-state index in [1.165, 1.54) is 18.2 Å². The lowest BCUT2D eigenvalue weighted by Crippen LogP contribution is -2.51. The van der Waals surface area contributed by atoms with Crippen molar-refractivity contribution in [2.24, 2.45) is 5.92 Å². The molecule has 1 amide bonds. The van der Waals surface area contributed by atoms with Gasteiger partial charge in [-0.05, 0) is 44.7 Å². The lowest BCUT2D eigenvalue weighted by Gasteiger charge is -2.31. The smallest absolute Gasteiger partial charge is 0.407 e. The van der Waals surface area contributed by atoms with Gasteiger partial charge < -0.3 is 15.2 Å². The third kappa shape index (κ3) is 8.89. The number of nitro groups is 1. The molecule has 0 saturated heterocycles. The summed E-state index contributed by atoms with van der Waals surface area (Å²) in [6, 6.07) is 13.1. The number of aliphatic hydroxyl groups excluding tert-OH is 1. The third-order valence-electron chi connectivity index (χ3n) is 5.09. The van der Waals surface area contributed by atoms with E-state index in [2.05, 4.69) is 5.32 Å². The summed E-state index contributed by atoms with van der Waals surface area (Å²) in [7, 11) is -4.19. The van der Waals surface area contributed by atoms with Gasteiger partial charge in [-0.3, -0.25) is 10.1 Å². The van der Waals surface area contributed by atoms with Crippen LogP contribution in [-0.4, -0.2) is 59.7 Å². The molecule has 2 N–H and O–H groups in total. The Hall–Kier alpha value is -3.02. The fourth-order valence-corrected chi connectivity index (χ4v) is 5.19. The first-order valence-corrected chi connectivity index (χ1v) is 13.1. The van der Waals surface area contributed by atoms with E-state index in [9.17, 15) is 28.4 Å². The molecule has 2 aromatic rings. The first kappa shape index (κ1) is 29.2. The molecule has 198 valence electrons. The monoisotopic (exact) mass is 521 g/mol. The number of amides is 1. The number of sulfonamides is 1. The summed E-state index contributed by atoms with van der Waals surface area (Å²) in [5.41, 5.74) is -0.286. The van der Waals surface area contributed by atoms with Crippen LogP contribution in [-0.2, 0) is 21.2 Å². The van der Waals surface area contributed by atoms with Crippen molar-refractivity contribution in [2.45, 2.75) is 63.7 Å². The van der Waals surface area contributed by atoms with Crippen molar-refractivity contribution in [1.29, 1.82) is 0 Å². The van der Waals surface area contributed by atoms with Gasteiger partial charge in [-0.25, -0.2) is 13.2 Å². The Bertz CT molecular complexity index is 1130. The SMILES string of the molecule is CC(C)CN(C[C@@H](O)[C@H](Cc1ccccc1)NC(=O)OC(C)(C)C)S(=O)(=O)c1cccc([N+](=O)[O-])c1. The van der Waals surface area contributed by atoms with Crippen LogP contribution >= 0.6 is 0 Å². The predicted molar refractivity (Wildman–Crippen MR) is 136 cm³/mol. The van der Waals surface area contributed by atoms with Gasteiger partial charge in [0.15, 0.2) is 0 Å². The number of aliphatic hydroxyl groups is 1. The highest BCUT2D eigenvalue weighted by Crippen LogP contribution is 2.23. The van der Waals surface area contributed by atoms with Gasteiger partial charge in [-0.15, -0.1) is 0 Å². The average Bonchev–Trinajstić information content (AvgIpc) is 2.77. The topological polar surface area (TPSA) is 139 Å². The largest absolute Gasteiger partial charge is 0.444 e. The van der Waals surface area contributed by atoms with Crippen molar-refractivity contribution in [3.63, 3.8) is 0 Å². The third-order valence-corrected chi connectivity index (χ3v) is 6.92. The van der Waals surface area contributed by atoms with E-state index in [0.717, 1.165) is 15.9 Å². The Balaban J connectivity index is 2.36. The van der Waals surface area contributed by atoms with Gasteiger partial charge in [0.1, 0.15) is 5.60 Å². The number of nitrogens with zero attached hydrogens (tertiary/aromatic N) is 2. The fourth-order valence-electron chi connectivity index (χ4n) is 3.53. The van der Waals surface area contributed by atoms with E-state index < -0.39 is 38.8 Å². The number of nitrogens with one attached hydrogen (secondary N) is 1. The van der Waals surface area contributed by atoms with Crippen LogP contribution in [0.5, 0.6) is 0 Å². The molecule has 0 bridgehead atoms. The lowest BCUT2D eigenvalue weighted by molar-refractivity contribution is -0.385. The molecule has 36 heavy (non-hydrogen) atoms. The fraction of sp³-hybridized carbons (Fsp3) is 0.480. The molecule has 0 saturated carbocycles. The normalized spacial score (nSPS) is 13.9. The van der Waals surface area contributed by atoms with E-state index in [1.807, 2.05) is 44.2 Å². The maximum atomic E-state index is 13.4. The van der Waals surface area contributed by atoms with Gasteiger partial charge in [0, 0.05) is 25.2 Å². The molecule has 0 radical (unpaired) electrons. The average molecular weight is 522 g/mol. The maximum Gasteiger partial charge on any atom is 0.407 e. The number of nitro benzene ring substituents is 1. The second-order valence-corrected chi connectivity index (χ2v) is 11.9. The second-order valence-electron chi connectivity index (χ2n) is 9.98. The number of carbonyl (C=O) groups is 1. The highest BCUT2D eigenvalue weighted by Gasteiger charge is 2.32. The molecule has 0 aliphatic heterocycles. The molecule has 0 unspecified atom stereocenters. The van der Waals surface area contributed by atoms with Crippen LogP contribution in [0.4, 0.5) is 10.5 Å². The Kier molecular flexibility index (Phi) is 9.97. The molecule has 11 heteroatoms. The molecule has 0 aliphatic carbocycles. The van der Waals surface area contributed by atoms with Gasteiger partial charge in [-0.2, -0.15) is 4.31 Å². The number of hydrogen-bond acceptors (Lipinski definition) is 7. The van der Waals surface area contributed by atoms with Gasteiger partial charge in [-0.1, -0.05) is 50.2 Å². The summed E-state index contributed by atoms with van der Waals surface area (Å²) in [5.74, 6) is -0.0999. The van der Waals surface area contributed by atoms with E-state index in [-0.39, 0.29) is 36.0 Å². The summed E-state index contributed by atoms with van der Waals surface area (Å²) in [6.07, 6.45) is -1.81. The van der Waals surface area contributed by atoms with Crippen molar-refractivity contribution in [3.05, 3.63) is 70.3 Å². The van der Waals surface area contributed by atoms with Gasteiger partial charge in [0.25, 0.3) is 5.69 Å². The minimum atomic E-state index is -4.19. The molecule has 0 aromatic heterocycles. The molecule has 10 nitrogen and oxygen atoms in total. The summed E-state index contributed by atoms with van der Waals surface area (Å²) in [5, 5.41) is 25.0. The van der Waals surface area contributed by atoms with Crippen molar-refractivity contribution in [3.8, 4) is 0 Å². The van der Waals surface area contributed by atoms with Crippen LogP contribution in [0.1, 0.15) is 40.2 Å². The number of rotatable bonds is 11. The zero-order valence-electron chi connectivity index (χ0n) is 21.2. The van der Waals surface area contributed by atoms with Crippen LogP contribution in [0.25, 0.3) is 0 Å². The Morgan fingerprint density at radius 3 is 2.31 bits per heavy atom. The number of hydrogen-bond donors (Lipinski definition) is 2. The van der Waals surface area contributed by atoms with Crippen molar-refractivity contribution in [2.75, 3.05) is 13.1 Å². The lowest BCUT2D eigenvalue weighted by atomic mass is 10.0. The molecule has 2 atom stereocenters. The summed E-state index contributed by atoms with van der Waals surface area (Å²) < 4.78 is 33.3. The molecule has 0 fully saturated rings. The molecular weight excluding hydrogens is 486 g/mol. The van der Waals surface area contributed by atoms with Crippen molar-refractivity contribution < 1.29 is 28.0 Å². The Morgan fingerprint density at radius 1 is 1.11 bits per heavy atom. The van der Waals surface area contributed by atoms with Crippen molar-refractivity contribution >= 4 is 21.8 Å². The molecule has 2 rings (SSSR count). The summed E-state index contributed by atoms with van der Waals surface area (Å²) in [4.78, 5) is 22.8. The van der Waals surface area contributed by atoms with Crippen LogP contribution in [0.3, 0.4) is 0 Å². The first-order valence-electron chi connectivity index (χ1n) is 11.6. The second kappa shape index (κ2) is 12.3. The molecule has 0 heterocycles. The molecule has 0 aliphatic rings. The van der Waals surface area contributed by atoms with E-state index in [1.54, 1.807) is 20.8 Å². The van der Waals surface area contributed by atoms with Crippen LogP contribution in [0, 0.1) is 16.0 Å². The highest BCUT2D eigenvalue weighted by molar-refractivity contribution is 7.89. The Morgan fingerprint density at radius 2 is 1.75 bits per heavy atom. The van der Waals surface area contributed by atoms with Crippen LogP contribution in [0.2, 0.25) is 0 Å². The first-order chi connectivity index (χ1) is 16.7. The maximum absolute atomic E-state index is 13.4. The van der Waals surface area contributed by atoms with Crippen LogP contribution < -0.4 is 5.32 Å². The zero-order valence-corrected chi connectivity index (χ0v) is 22.1. The number of alkyl carbamates (subject to hydrolysis) is 1. The molecular formula is C25H35N3O7S. The van der Waals surface area contributed by atoms with Gasteiger partial charge in [0.05, 0.1) is 22.0 Å². The number of non-ortho nitro benzene ring substituents is 1. The number of ether oxygens (including phenoxy) is 1. The van der Waals surface area contributed by atoms with E-state index in [0.29, 0.717) is 0 Å². The van der Waals surface area contributed by atoms with Gasteiger partial charge in [0.2, 0.25) is 10.0 Å². The van der Waals surface area contributed by atoms with E-state index >= 15 is 0 Å². The molecule has 2 aromatic carbocycles. The minimum absolute atomic E-state index is 0.0621. The van der Waals surface area contributed by atoms with Crippen molar-refractivity contribution in [1.82, 2.24) is 9.62 Å². The number of benzene rings is 2.